The van der Waals surface area contributed by atoms with Crippen LogP contribution in [-0.4, -0.2) is 50.3 Å². The van der Waals surface area contributed by atoms with E-state index in [1.807, 2.05) is 0 Å². The molecule has 0 unspecified atom stereocenters. The zero-order chi connectivity index (χ0) is 31.9. The first-order valence-electron chi connectivity index (χ1n) is 14.7. The summed E-state index contributed by atoms with van der Waals surface area (Å²) in [5.74, 6) is -0.0388. The van der Waals surface area contributed by atoms with Gasteiger partial charge in [-0.1, -0.05) is 13.2 Å². The maximum Gasteiger partial charge on any atom is 0.333 e. The largest absolute Gasteiger partial charge is 0.493 e. The van der Waals surface area contributed by atoms with Crippen molar-refractivity contribution in [3.63, 3.8) is 0 Å². The molecule has 0 saturated heterocycles. The van der Waals surface area contributed by atoms with E-state index < -0.39 is 11.9 Å². The highest BCUT2D eigenvalue weighted by Crippen LogP contribution is 2.32. The molecule has 2 aromatic carbocycles. The molecule has 0 amide bonds. The standard InChI is InChI=1S/C34H40O10/c1-23(2)31(35)41-21-5-19-39-27-11-15-29(16-12-27)43-33(37)25-7-9-26(10-8-25)34(38)44-30-17-13-28(14-18-30)40-20-6-22-42-32(36)24(3)4/h11-18,25-26H,1,3,5-10,19-22H2,2,4H3. The number of rotatable bonds is 16. The van der Waals surface area contributed by atoms with Crippen LogP contribution in [0.4, 0.5) is 0 Å². The predicted molar refractivity (Wildman–Crippen MR) is 161 cm³/mol. The lowest BCUT2D eigenvalue weighted by Gasteiger charge is -2.25. The van der Waals surface area contributed by atoms with Gasteiger partial charge in [0.1, 0.15) is 23.0 Å². The van der Waals surface area contributed by atoms with E-state index in [4.69, 9.17) is 28.4 Å². The first-order chi connectivity index (χ1) is 21.1. The van der Waals surface area contributed by atoms with Gasteiger partial charge in [-0.05, 0) is 88.1 Å². The molecular weight excluding hydrogens is 568 g/mol. The zero-order valence-corrected chi connectivity index (χ0v) is 25.3. The smallest absolute Gasteiger partial charge is 0.333 e. The third-order valence-corrected chi connectivity index (χ3v) is 6.76. The molecule has 3 rings (SSSR count). The topological polar surface area (TPSA) is 124 Å². The zero-order valence-electron chi connectivity index (χ0n) is 25.3. The highest BCUT2D eigenvalue weighted by Gasteiger charge is 2.32. The average molecular weight is 609 g/mol. The predicted octanol–water partition coefficient (Wildman–Crippen LogP) is 5.78. The molecule has 236 valence electrons. The number of carbonyl (C=O) groups excluding carboxylic acids is 4. The van der Waals surface area contributed by atoms with Crippen LogP contribution in [0.3, 0.4) is 0 Å². The van der Waals surface area contributed by atoms with Gasteiger partial charge in [-0.2, -0.15) is 0 Å². The Labute approximate surface area is 257 Å². The van der Waals surface area contributed by atoms with Gasteiger partial charge in [0.15, 0.2) is 0 Å². The van der Waals surface area contributed by atoms with Gasteiger partial charge < -0.3 is 28.4 Å². The maximum atomic E-state index is 12.7. The lowest BCUT2D eigenvalue weighted by molar-refractivity contribution is -0.145. The molecule has 1 saturated carbocycles. The van der Waals surface area contributed by atoms with E-state index in [1.54, 1.807) is 62.4 Å². The number of esters is 4. The van der Waals surface area contributed by atoms with E-state index in [1.165, 1.54) is 0 Å². The van der Waals surface area contributed by atoms with E-state index in [0.717, 1.165) is 0 Å². The molecule has 1 aliphatic carbocycles. The van der Waals surface area contributed by atoms with Crippen LogP contribution in [0.5, 0.6) is 23.0 Å². The van der Waals surface area contributed by atoms with E-state index in [9.17, 15) is 19.2 Å². The second-order valence-electron chi connectivity index (χ2n) is 10.6. The second-order valence-corrected chi connectivity index (χ2v) is 10.6. The third kappa shape index (κ3) is 11.6. The minimum Gasteiger partial charge on any atom is -0.493 e. The molecule has 0 spiro atoms. The lowest BCUT2D eigenvalue weighted by Crippen LogP contribution is -2.30. The summed E-state index contributed by atoms with van der Waals surface area (Å²) < 4.78 is 32.4. The number of ether oxygens (including phenoxy) is 6. The minimum absolute atomic E-state index is 0.240. The van der Waals surface area contributed by atoms with Crippen LogP contribution in [0, 0.1) is 11.8 Å². The molecule has 10 heteroatoms. The second kappa shape index (κ2) is 17.5. The van der Waals surface area contributed by atoms with Gasteiger partial charge in [0.05, 0.1) is 38.3 Å². The first-order valence-corrected chi connectivity index (χ1v) is 14.7. The fraction of sp³-hybridized carbons (Fsp3) is 0.412. The molecular formula is C34H40O10. The van der Waals surface area contributed by atoms with E-state index in [2.05, 4.69) is 13.2 Å². The highest BCUT2D eigenvalue weighted by molar-refractivity contribution is 5.87. The Morgan fingerprint density at radius 1 is 0.568 bits per heavy atom. The molecule has 1 fully saturated rings. The van der Waals surface area contributed by atoms with Crippen molar-refractivity contribution in [2.24, 2.45) is 11.8 Å². The van der Waals surface area contributed by atoms with Gasteiger partial charge in [0.25, 0.3) is 0 Å². The molecule has 0 radical (unpaired) electrons. The quantitative estimate of drug-likeness (QED) is 0.100. The van der Waals surface area contributed by atoms with Crippen LogP contribution in [0.15, 0.2) is 72.8 Å². The molecule has 0 bridgehead atoms. The summed E-state index contributed by atoms with van der Waals surface area (Å²) in [7, 11) is 0. The molecule has 0 aromatic heterocycles. The summed E-state index contributed by atoms with van der Waals surface area (Å²) in [6.07, 6.45) is 3.20. The van der Waals surface area contributed by atoms with Crippen molar-refractivity contribution in [3.05, 3.63) is 72.8 Å². The van der Waals surface area contributed by atoms with Crippen LogP contribution in [0.2, 0.25) is 0 Å². The van der Waals surface area contributed by atoms with Gasteiger partial charge in [-0.15, -0.1) is 0 Å². The lowest BCUT2D eigenvalue weighted by atomic mass is 9.82. The maximum absolute atomic E-state index is 12.7. The molecule has 0 heterocycles. The highest BCUT2D eigenvalue weighted by atomic mass is 16.5. The molecule has 0 aliphatic heterocycles. The van der Waals surface area contributed by atoms with Crippen LogP contribution >= 0.6 is 0 Å². The van der Waals surface area contributed by atoms with Crippen molar-refractivity contribution in [1.82, 2.24) is 0 Å². The first kappa shape index (κ1) is 33.9. The number of hydrogen-bond acceptors (Lipinski definition) is 10. The molecule has 1 aliphatic rings. The molecule has 0 atom stereocenters. The summed E-state index contributed by atoms with van der Waals surface area (Å²) in [5, 5.41) is 0. The van der Waals surface area contributed by atoms with E-state index in [-0.39, 0.29) is 37.0 Å². The fourth-order valence-electron chi connectivity index (χ4n) is 4.25. The van der Waals surface area contributed by atoms with Crippen LogP contribution in [-0.2, 0) is 28.7 Å². The summed E-state index contributed by atoms with van der Waals surface area (Å²) in [6, 6.07) is 13.5. The molecule has 0 N–H and O–H groups in total. The summed E-state index contributed by atoms with van der Waals surface area (Å²) in [6.45, 7) is 11.5. The van der Waals surface area contributed by atoms with Gasteiger partial charge >= 0.3 is 23.9 Å². The van der Waals surface area contributed by atoms with Gasteiger partial charge in [-0.25, -0.2) is 9.59 Å². The fourth-order valence-corrected chi connectivity index (χ4v) is 4.25. The number of hydrogen-bond donors (Lipinski definition) is 0. The number of benzene rings is 2. The number of carbonyl (C=O) groups is 4. The monoisotopic (exact) mass is 608 g/mol. The van der Waals surface area contributed by atoms with E-state index in [0.29, 0.717) is 85.9 Å². The van der Waals surface area contributed by atoms with Crippen molar-refractivity contribution < 1.29 is 47.6 Å². The molecule has 10 nitrogen and oxygen atoms in total. The Bertz CT molecular complexity index is 1190. The van der Waals surface area contributed by atoms with Crippen molar-refractivity contribution in [3.8, 4) is 23.0 Å². The van der Waals surface area contributed by atoms with Crippen molar-refractivity contribution >= 4 is 23.9 Å². The Hall–Kier alpha value is -4.60. The van der Waals surface area contributed by atoms with Crippen LogP contribution < -0.4 is 18.9 Å². The molecule has 44 heavy (non-hydrogen) atoms. The Balaban J connectivity index is 1.31. The van der Waals surface area contributed by atoms with Crippen molar-refractivity contribution in [2.45, 2.75) is 52.4 Å². The Morgan fingerprint density at radius 2 is 0.886 bits per heavy atom. The minimum atomic E-state index is -0.423. The summed E-state index contributed by atoms with van der Waals surface area (Å²) in [5.41, 5.74) is 0.707. The normalized spacial score (nSPS) is 15.8. The van der Waals surface area contributed by atoms with Crippen LogP contribution in [0.25, 0.3) is 0 Å². The molecule has 2 aromatic rings. The van der Waals surface area contributed by atoms with Crippen LogP contribution in [0.1, 0.15) is 52.4 Å². The Kier molecular flexibility index (Phi) is 13.5. The van der Waals surface area contributed by atoms with E-state index >= 15 is 0 Å². The van der Waals surface area contributed by atoms with Crippen molar-refractivity contribution in [2.75, 3.05) is 26.4 Å². The Morgan fingerprint density at radius 3 is 1.20 bits per heavy atom. The average Bonchev–Trinajstić information content (AvgIpc) is 3.02. The van der Waals surface area contributed by atoms with Gasteiger partial charge in [0.2, 0.25) is 0 Å². The third-order valence-electron chi connectivity index (χ3n) is 6.76. The SMILES string of the molecule is C=C(C)C(=O)OCCCOc1ccc(OC(=O)C2CCC(C(=O)Oc3ccc(OCCCOC(=O)C(=C)C)cc3)CC2)cc1. The summed E-state index contributed by atoms with van der Waals surface area (Å²) in [4.78, 5) is 48.1. The van der Waals surface area contributed by atoms with Gasteiger partial charge in [0, 0.05) is 24.0 Å². The summed E-state index contributed by atoms with van der Waals surface area (Å²) >= 11 is 0. The van der Waals surface area contributed by atoms with Gasteiger partial charge in [-0.3, -0.25) is 9.59 Å². The van der Waals surface area contributed by atoms with Crippen molar-refractivity contribution in [1.29, 1.82) is 0 Å².